The maximum Gasteiger partial charge on any atom is 0.138 e. The first-order valence-electron chi connectivity index (χ1n) is 5.31. The molecule has 0 unspecified atom stereocenters. The lowest BCUT2D eigenvalue weighted by molar-refractivity contribution is 0.275. The molecule has 1 aromatic heterocycles. The molecular formula is C13H11BrFNO2. The summed E-state index contributed by atoms with van der Waals surface area (Å²) in [6.45, 7) is 0.240. The molecule has 2 rings (SSSR count). The van der Waals surface area contributed by atoms with Crippen LogP contribution in [0.2, 0.25) is 0 Å². The molecule has 18 heavy (non-hydrogen) atoms. The highest BCUT2D eigenvalue weighted by molar-refractivity contribution is 9.10. The normalized spacial score (nSPS) is 10.4. The Hall–Kier alpha value is -1.46. The van der Waals surface area contributed by atoms with Gasteiger partial charge in [-0.15, -0.1) is 0 Å². The average Bonchev–Trinajstić information content (AvgIpc) is 2.41. The van der Waals surface area contributed by atoms with Crippen LogP contribution in [0.4, 0.5) is 4.39 Å². The molecule has 0 fully saturated rings. The summed E-state index contributed by atoms with van der Waals surface area (Å²) in [6.07, 6.45) is 1.55. The number of aliphatic hydroxyl groups excluding tert-OH is 1. The zero-order valence-corrected chi connectivity index (χ0v) is 11.0. The molecule has 1 N–H and O–H groups in total. The molecule has 3 nitrogen and oxygen atoms in total. The number of halogens is 2. The molecule has 5 heteroatoms. The number of hydrogen-bond acceptors (Lipinski definition) is 3. The predicted octanol–water partition coefficient (Wildman–Crippen LogP) is 3.05. The highest BCUT2D eigenvalue weighted by Crippen LogP contribution is 2.18. The van der Waals surface area contributed by atoms with Crippen molar-refractivity contribution in [2.45, 2.75) is 13.2 Å². The fourth-order valence-corrected chi connectivity index (χ4v) is 1.81. The van der Waals surface area contributed by atoms with Crippen molar-refractivity contribution in [1.29, 1.82) is 0 Å². The third kappa shape index (κ3) is 3.27. The van der Waals surface area contributed by atoms with Gasteiger partial charge in [0.1, 0.15) is 18.2 Å². The van der Waals surface area contributed by atoms with E-state index in [1.165, 1.54) is 6.07 Å². The van der Waals surface area contributed by atoms with E-state index >= 15 is 0 Å². The number of rotatable bonds is 4. The van der Waals surface area contributed by atoms with E-state index in [1.54, 1.807) is 30.5 Å². The molecular weight excluding hydrogens is 301 g/mol. The van der Waals surface area contributed by atoms with Gasteiger partial charge in [-0.05, 0) is 45.8 Å². The average molecular weight is 312 g/mol. The van der Waals surface area contributed by atoms with E-state index in [0.29, 0.717) is 22.5 Å². The summed E-state index contributed by atoms with van der Waals surface area (Å²) in [5.74, 6) is 0.306. The second-order valence-electron chi connectivity index (χ2n) is 3.68. The van der Waals surface area contributed by atoms with Crippen LogP contribution < -0.4 is 4.74 Å². The summed E-state index contributed by atoms with van der Waals surface area (Å²) in [6, 6.07) is 8.14. The van der Waals surface area contributed by atoms with Gasteiger partial charge in [0.05, 0.1) is 23.0 Å². The smallest absolute Gasteiger partial charge is 0.138 e. The molecule has 1 heterocycles. The van der Waals surface area contributed by atoms with Crippen molar-refractivity contribution in [2.24, 2.45) is 0 Å². The van der Waals surface area contributed by atoms with Gasteiger partial charge in [-0.1, -0.05) is 6.07 Å². The lowest BCUT2D eigenvalue weighted by Crippen LogP contribution is -1.97. The van der Waals surface area contributed by atoms with Crippen molar-refractivity contribution < 1.29 is 14.2 Å². The SMILES string of the molecule is OCc1ccc(OCc2ccc(F)c(Br)c2)cn1. The van der Waals surface area contributed by atoms with Crippen LogP contribution in [0, 0.1) is 5.82 Å². The molecule has 0 spiro atoms. The second-order valence-corrected chi connectivity index (χ2v) is 4.53. The standard InChI is InChI=1S/C13H11BrFNO2/c14-12-5-9(1-4-13(12)15)8-18-11-3-2-10(7-17)16-6-11/h1-6,17H,7-8H2. The molecule has 0 saturated carbocycles. The van der Waals surface area contributed by atoms with Gasteiger partial charge in [0.15, 0.2) is 0 Å². The first-order chi connectivity index (χ1) is 8.69. The van der Waals surface area contributed by atoms with Gasteiger partial charge in [0, 0.05) is 0 Å². The van der Waals surface area contributed by atoms with Gasteiger partial charge in [0.2, 0.25) is 0 Å². The van der Waals surface area contributed by atoms with Gasteiger partial charge in [-0.3, -0.25) is 4.98 Å². The van der Waals surface area contributed by atoms with Crippen molar-refractivity contribution in [3.05, 3.63) is 58.1 Å². The van der Waals surface area contributed by atoms with E-state index in [0.717, 1.165) is 5.56 Å². The van der Waals surface area contributed by atoms with Crippen LogP contribution in [-0.2, 0) is 13.2 Å². The van der Waals surface area contributed by atoms with Crippen molar-refractivity contribution in [2.75, 3.05) is 0 Å². The van der Waals surface area contributed by atoms with Crippen LogP contribution in [0.5, 0.6) is 5.75 Å². The molecule has 1 aromatic carbocycles. The largest absolute Gasteiger partial charge is 0.487 e. The number of aliphatic hydroxyl groups is 1. The van der Waals surface area contributed by atoms with Gasteiger partial charge in [-0.2, -0.15) is 0 Å². The minimum atomic E-state index is -0.298. The number of nitrogens with zero attached hydrogens (tertiary/aromatic N) is 1. The van der Waals surface area contributed by atoms with Gasteiger partial charge >= 0.3 is 0 Å². The van der Waals surface area contributed by atoms with E-state index in [1.807, 2.05) is 0 Å². The van der Waals surface area contributed by atoms with Crippen molar-refractivity contribution in [3.8, 4) is 5.75 Å². The quantitative estimate of drug-likeness (QED) is 0.943. The van der Waals surface area contributed by atoms with E-state index in [-0.39, 0.29) is 12.4 Å². The molecule has 0 aliphatic rings. The summed E-state index contributed by atoms with van der Waals surface area (Å²) in [5, 5.41) is 8.85. The molecule has 0 atom stereocenters. The number of ether oxygens (including phenoxy) is 1. The zero-order valence-electron chi connectivity index (χ0n) is 9.44. The first-order valence-corrected chi connectivity index (χ1v) is 6.11. The second kappa shape index (κ2) is 5.93. The summed E-state index contributed by atoms with van der Waals surface area (Å²) in [7, 11) is 0. The predicted molar refractivity (Wildman–Crippen MR) is 68.6 cm³/mol. The van der Waals surface area contributed by atoms with E-state index in [4.69, 9.17) is 9.84 Å². The maximum atomic E-state index is 13.0. The van der Waals surface area contributed by atoms with Crippen LogP contribution in [0.1, 0.15) is 11.3 Å². The summed E-state index contributed by atoms with van der Waals surface area (Å²) < 4.78 is 18.9. The van der Waals surface area contributed by atoms with E-state index in [9.17, 15) is 4.39 Å². The van der Waals surface area contributed by atoms with Crippen molar-refractivity contribution >= 4 is 15.9 Å². The summed E-state index contributed by atoms with van der Waals surface area (Å²) in [5.41, 5.74) is 1.45. The highest BCUT2D eigenvalue weighted by Gasteiger charge is 2.02. The third-order valence-electron chi connectivity index (χ3n) is 2.35. The van der Waals surface area contributed by atoms with Crippen LogP contribution in [-0.4, -0.2) is 10.1 Å². The van der Waals surface area contributed by atoms with Gasteiger partial charge in [0.25, 0.3) is 0 Å². The molecule has 0 aliphatic heterocycles. The van der Waals surface area contributed by atoms with Crippen LogP contribution in [0.25, 0.3) is 0 Å². The van der Waals surface area contributed by atoms with Crippen LogP contribution in [0.15, 0.2) is 41.0 Å². The minimum absolute atomic E-state index is 0.0921. The van der Waals surface area contributed by atoms with Crippen molar-refractivity contribution in [1.82, 2.24) is 4.98 Å². The fourth-order valence-electron chi connectivity index (χ4n) is 1.39. The van der Waals surface area contributed by atoms with Crippen molar-refractivity contribution in [3.63, 3.8) is 0 Å². The van der Waals surface area contributed by atoms with E-state index in [2.05, 4.69) is 20.9 Å². The lowest BCUT2D eigenvalue weighted by atomic mass is 10.2. The molecule has 94 valence electrons. The monoisotopic (exact) mass is 311 g/mol. The molecule has 0 bridgehead atoms. The Labute approximate surface area is 112 Å². The number of pyridine rings is 1. The van der Waals surface area contributed by atoms with Crippen LogP contribution in [0.3, 0.4) is 0 Å². The molecule has 0 radical (unpaired) electrons. The third-order valence-corrected chi connectivity index (χ3v) is 2.96. The molecule has 0 aliphatic carbocycles. The summed E-state index contributed by atoms with van der Waals surface area (Å²) >= 11 is 3.12. The Kier molecular flexibility index (Phi) is 4.28. The van der Waals surface area contributed by atoms with E-state index < -0.39 is 0 Å². The number of hydrogen-bond donors (Lipinski definition) is 1. The topological polar surface area (TPSA) is 42.4 Å². The maximum absolute atomic E-state index is 13.0. The van der Waals surface area contributed by atoms with Crippen LogP contribution >= 0.6 is 15.9 Å². The first kappa shape index (κ1) is 13.0. The minimum Gasteiger partial charge on any atom is -0.487 e. The number of aromatic nitrogens is 1. The lowest BCUT2D eigenvalue weighted by Gasteiger charge is -2.07. The summed E-state index contributed by atoms with van der Waals surface area (Å²) in [4.78, 5) is 4.00. The molecule has 0 amide bonds. The van der Waals surface area contributed by atoms with Gasteiger partial charge in [-0.25, -0.2) is 4.39 Å². The molecule has 0 saturated heterocycles. The Morgan fingerprint density at radius 1 is 1.28 bits per heavy atom. The Morgan fingerprint density at radius 2 is 2.11 bits per heavy atom. The Bertz CT molecular complexity index is 531. The number of benzene rings is 1. The Balaban J connectivity index is 1.99. The molecule has 2 aromatic rings. The fraction of sp³-hybridized carbons (Fsp3) is 0.154. The zero-order chi connectivity index (χ0) is 13.0. The Morgan fingerprint density at radius 3 is 2.72 bits per heavy atom. The van der Waals surface area contributed by atoms with Gasteiger partial charge < -0.3 is 9.84 Å². The highest BCUT2D eigenvalue weighted by atomic mass is 79.9.